The number of hydrogen-bond donors (Lipinski definition) is 4. The van der Waals surface area contributed by atoms with Crippen molar-refractivity contribution in [1.29, 1.82) is 0 Å². The third kappa shape index (κ3) is 4.01. The van der Waals surface area contributed by atoms with Crippen LogP contribution >= 0.6 is 11.3 Å². The molecule has 1 aliphatic heterocycles. The maximum absolute atomic E-state index is 13.0. The molecular formula is C23H24N4O4S. The summed E-state index contributed by atoms with van der Waals surface area (Å²) in [5, 5.41) is 23.4. The molecule has 0 saturated carbocycles. The van der Waals surface area contributed by atoms with Crippen LogP contribution in [0.2, 0.25) is 0 Å². The van der Waals surface area contributed by atoms with Gasteiger partial charge in [-0.3, -0.25) is 14.7 Å². The summed E-state index contributed by atoms with van der Waals surface area (Å²) in [5.74, 6) is -0.465. The van der Waals surface area contributed by atoms with Crippen LogP contribution in [0.1, 0.15) is 50.5 Å². The van der Waals surface area contributed by atoms with Gasteiger partial charge in [0, 0.05) is 23.6 Å². The molecule has 9 heteroatoms. The van der Waals surface area contributed by atoms with Crippen LogP contribution in [0.5, 0.6) is 5.75 Å². The minimum atomic E-state index is -0.382. The highest BCUT2D eigenvalue weighted by Crippen LogP contribution is 2.39. The second-order valence-electron chi connectivity index (χ2n) is 8.04. The number of ether oxygens (including phenoxy) is 1. The zero-order valence-corrected chi connectivity index (χ0v) is 18.3. The van der Waals surface area contributed by atoms with E-state index >= 15 is 0 Å². The first-order valence-corrected chi connectivity index (χ1v) is 11.6. The maximum atomic E-state index is 13.0. The zero-order chi connectivity index (χ0) is 22.1. The Morgan fingerprint density at radius 1 is 1.22 bits per heavy atom. The molecule has 2 amide bonds. The lowest BCUT2D eigenvalue weighted by Gasteiger charge is -2.12. The predicted molar refractivity (Wildman–Crippen MR) is 121 cm³/mol. The van der Waals surface area contributed by atoms with Gasteiger partial charge >= 0.3 is 0 Å². The number of thiophene rings is 1. The molecule has 1 atom stereocenters. The number of benzene rings is 1. The van der Waals surface area contributed by atoms with E-state index in [9.17, 15) is 14.7 Å². The van der Waals surface area contributed by atoms with E-state index in [2.05, 4.69) is 20.8 Å². The second kappa shape index (κ2) is 8.76. The lowest BCUT2D eigenvalue weighted by atomic mass is 10.1. The van der Waals surface area contributed by atoms with Crippen LogP contribution in [0, 0.1) is 0 Å². The van der Waals surface area contributed by atoms with Crippen molar-refractivity contribution in [2.24, 2.45) is 0 Å². The number of nitrogens with one attached hydrogen (secondary N) is 3. The summed E-state index contributed by atoms with van der Waals surface area (Å²) >= 11 is 1.47. The normalized spacial score (nSPS) is 17.3. The first-order valence-electron chi connectivity index (χ1n) is 10.8. The Bertz CT molecular complexity index is 1160. The molecule has 0 bridgehead atoms. The molecule has 2 aliphatic rings. The van der Waals surface area contributed by atoms with Gasteiger partial charge < -0.3 is 20.5 Å². The largest absolute Gasteiger partial charge is 0.507 e. The standard InChI is InChI=1S/C23H24N4O4S/c28-18-8-2-1-6-14(18)16-11-17(27-26-16)21(29)25-23-20(15-7-3-9-19(15)32-23)22(30)24-12-13-5-4-10-31-13/h1-2,6,8,11,13,28H,3-5,7,9-10,12H2,(H,24,30)(H,25,29)(H,26,27). The highest BCUT2D eigenvalue weighted by molar-refractivity contribution is 7.17. The average molecular weight is 453 g/mol. The topological polar surface area (TPSA) is 116 Å². The Hall–Kier alpha value is -3.17. The van der Waals surface area contributed by atoms with Crippen LogP contribution < -0.4 is 10.6 Å². The number of hydrogen-bond acceptors (Lipinski definition) is 6. The smallest absolute Gasteiger partial charge is 0.274 e. The molecule has 5 rings (SSSR count). The molecule has 1 aliphatic carbocycles. The van der Waals surface area contributed by atoms with Crippen molar-refractivity contribution in [3.63, 3.8) is 0 Å². The molecule has 1 fully saturated rings. The van der Waals surface area contributed by atoms with Gasteiger partial charge in [-0.2, -0.15) is 5.10 Å². The van der Waals surface area contributed by atoms with Crippen molar-refractivity contribution in [2.45, 2.75) is 38.2 Å². The van der Waals surface area contributed by atoms with Gasteiger partial charge in [-0.1, -0.05) is 12.1 Å². The first kappa shape index (κ1) is 20.7. The number of aromatic hydroxyl groups is 1. The fraction of sp³-hybridized carbons (Fsp3) is 0.348. The van der Waals surface area contributed by atoms with E-state index in [1.807, 2.05) is 0 Å². The summed E-state index contributed by atoms with van der Waals surface area (Å²) in [6.07, 6.45) is 4.80. The number of carbonyl (C=O) groups excluding carboxylic acids is 2. The lowest BCUT2D eigenvalue weighted by molar-refractivity contribution is 0.0858. The van der Waals surface area contributed by atoms with Gasteiger partial charge in [-0.15, -0.1) is 11.3 Å². The number of amides is 2. The first-order chi connectivity index (χ1) is 15.6. The van der Waals surface area contributed by atoms with Crippen LogP contribution in [0.25, 0.3) is 11.3 Å². The average Bonchev–Trinajstić information content (AvgIpc) is 3.57. The number of rotatable bonds is 6. The molecule has 3 heterocycles. The van der Waals surface area contributed by atoms with Gasteiger partial charge in [-0.05, 0) is 55.9 Å². The molecule has 0 radical (unpaired) electrons. The summed E-state index contributed by atoms with van der Waals surface area (Å²) in [6, 6.07) is 8.40. The third-order valence-electron chi connectivity index (χ3n) is 5.89. The van der Waals surface area contributed by atoms with Gasteiger partial charge in [0.2, 0.25) is 0 Å². The predicted octanol–water partition coefficient (Wildman–Crippen LogP) is 3.49. The molecule has 1 aromatic carbocycles. The summed E-state index contributed by atoms with van der Waals surface area (Å²) in [4.78, 5) is 27.1. The molecule has 8 nitrogen and oxygen atoms in total. The number of phenolic OH excluding ortho intramolecular Hbond substituents is 1. The van der Waals surface area contributed by atoms with E-state index < -0.39 is 0 Å². The number of aromatic nitrogens is 2. The molecule has 1 saturated heterocycles. The van der Waals surface area contributed by atoms with Crippen LogP contribution in [0.4, 0.5) is 5.00 Å². The van der Waals surface area contributed by atoms with E-state index in [1.54, 1.807) is 30.3 Å². The van der Waals surface area contributed by atoms with E-state index in [1.165, 1.54) is 11.3 Å². The quantitative estimate of drug-likeness (QED) is 0.457. The second-order valence-corrected chi connectivity index (χ2v) is 9.15. The van der Waals surface area contributed by atoms with Crippen molar-refractivity contribution >= 4 is 28.2 Å². The number of anilines is 1. The van der Waals surface area contributed by atoms with E-state index in [4.69, 9.17) is 4.74 Å². The van der Waals surface area contributed by atoms with E-state index in [-0.39, 0.29) is 29.4 Å². The molecule has 32 heavy (non-hydrogen) atoms. The highest BCUT2D eigenvalue weighted by atomic mass is 32.1. The molecule has 1 unspecified atom stereocenters. The van der Waals surface area contributed by atoms with E-state index in [0.717, 1.165) is 49.2 Å². The summed E-state index contributed by atoms with van der Waals surface area (Å²) in [5.41, 5.74) is 2.86. The number of H-pyrrole nitrogens is 1. The maximum Gasteiger partial charge on any atom is 0.274 e. The Labute approximate surface area is 189 Å². The van der Waals surface area contributed by atoms with Gasteiger partial charge in [0.25, 0.3) is 11.8 Å². The fourth-order valence-corrected chi connectivity index (χ4v) is 5.55. The molecular weight excluding hydrogens is 428 g/mol. The minimum Gasteiger partial charge on any atom is -0.507 e. The Kier molecular flexibility index (Phi) is 5.67. The lowest BCUT2D eigenvalue weighted by Crippen LogP contribution is -2.32. The fourth-order valence-electron chi connectivity index (χ4n) is 4.27. The third-order valence-corrected chi connectivity index (χ3v) is 7.10. The number of aryl methyl sites for hydroxylation is 1. The minimum absolute atomic E-state index is 0.0569. The number of aromatic amines is 1. The van der Waals surface area contributed by atoms with E-state index in [0.29, 0.717) is 28.4 Å². The summed E-state index contributed by atoms with van der Waals surface area (Å²) in [6.45, 7) is 1.21. The molecule has 2 aromatic heterocycles. The molecule has 4 N–H and O–H groups in total. The van der Waals surface area contributed by atoms with Crippen molar-refractivity contribution < 1.29 is 19.4 Å². The van der Waals surface area contributed by atoms with Crippen molar-refractivity contribution in [3.8, 4) is 17.0 Å². The number of para-hydroxylation sites is 1. The van der Waals surface area contributed by atoms with Crippen LogP contribution in [0.15, 0.2) is 30.3 Å². The van der Waals surface area contributed by atoms with Crippen molar-refractivity contribution in [2.75, 3.05) is 18.5 Å². The van der Waals surface area contributed by atoms with Gasteiger partial charge in [0.1, 0.15) is 16.4 Å². The Morgan fingerprint density at radius 2 is 2.09 bits per heavy atom. The van der Waals surface area contributed by atoms with Gasteiger partial charge in [0.05, 0.1) is 17.4 Å². The van der Waals surface area contributed by atoms with Gasteiger partial charge in [-0.25, -0.2) is 0 Å². The van der Waals surface area contributed by atoms with Crippen molar-refractivity contribution in [3.05, 3.63) is 52.0 Å². The number of carbonyl (C=O) groups is 2. The number of fused-ring (bicyclic) bond motifs is 1. The summed E-state index contributed by atoms with van der Waals surface area (Å²) < 4.78 is 5.60. The molecule has 0 spiro atoms. The summed E-state index contributed by atoms with van der Waals surface area (Å²) in [7, 11) is 0. The van der Waals surface area contributed by atoms with Gasteiger partial charge in [0.15, 0.2) is 0 Å². The molecule has 3 aromatic rings. The van der Waals surface area contributed by atoms with Crippen LogP contribution in [-0.2, 0) is 17.6 Å². The highest BCUT2D eigenvalue weighted by Gasteiger charge is 2.28. The Balaban J connectivity index is 1.34. The monoisotopic (exact) mass is 452 g/mol. The zero-order valence-electron chi connectivity index (χ0n) is 17.4. The molecule has 166 valence electrons. The van der Waals surface area contributed by atoms with Crippen LogP contribution in [0.3, 0.4) is 0 Å². The van der Waals surface area contributed by atoms with Crippen molar-refractivity contribution in [1.82, 2.24) is 15.5 Å². The van der Waals surface area contributed by atoms with Crippen LogP contribution in [-0.4, -0.2) is 46.4 Å². The SMILES string of the molecule is O=C(Nc1sc2c(c1C(=O)NCC1CCCO1)CCC2)c1cc(-c2ccccc2O)n[nH]1. The number of nitrogens with zero attached hydrogens (tertiary/aromatic N) is 1. The number of phenols is 1. The Morgan fingerprint density at radius 3 is 2.91 bits per heavy atom.